The van der Waals surface area contributed by atoms with Crippen LogP contribution in [0.3, 0.4) is 0 Å². The summed E-state index contributed by atoms with van der Waals surface area (Å²) in [5.74, 6) is 1.19. The van der Waals surface area contributed by atoms with Gasteiger partial charge in [-0.15, -0.1) is 0 Å². The molecule has 0 amide bonds. The minimum atomic E-state index is -0.378. The van der Waals surface area contributed by atoms with Gasteiger partial charge >= 0.3 is 17.9 Å². The Hall–Kier alpha value is -3.09. The van der Waals surface area contributed by atoms with Crippen LogP contribution in [0.15, 0.2) is 54.6 Å². The van der Waals surface area contributed by atoms with E-state index in [-0.39, 0.29) is 55.0 Å². The van der Waals surface area contributed by atoms with Crippen molar-refractivity contribution < 1.29 is 28.6 Å². The second kappa shape index (κ2) is 22.3. The van der Waals surface area contributed by atoms with Crippen molar-refractivity contribution in [1.29, 1.82) is 0 Å². The van der Waals surface area contributed by atoms with Crippen LogP contribution < -0.4 is 4.90 Å². The Kier molecular flexibility index (Phi) is 17.3. The molecule has 0 spiro atoms. The fraction of sp³-hybridized carbons (Fsp3) is 0.717. The minimum absolute atomic E-state index is 0.0827. The van der Waals surface area contributed by atoms with Crippen LogP contribution in [0.4, 0.5) is 5.69 Å². The second-order valence-electron chi connectivity index (χ2n) is 17.0. The van der Waals surface area contributed by atoms with Crippen LogP contribution in [0.1, 0.15) is 142 Å². The quantitative estimate of drug-likeness (QED) is 0.0453. The summed E-state index contributed by atoms with van der Waals surface area (Å²) in [5.41, 5.74) is 1.28. The topological polar surface area (TPSA) is 82.1 Å². The molecule has 1 atom stereocenters. The molecule has 1 heterocycles. The summed E-state index contributed by atoms with van der Waals surface area (Å²) in [7, 11) is 0. The highest BCUT2D eigenvalue weighted by atomic mass is 16.6. The fourth-order valence-corrected chi connectivity index (χ4v) is 9.91. The van der Waals surface area contributed by atoms with E-state index in [1.165, 1.54) is 63.5 Å². The Morgan fingerprint density at radius 3 is 1.92 bits per heavy atom. The van der Waals surface area contributed by atoms with E-state index in [1.807, 2.05) is 18.2 Å². The number of allylic oxidation sites excluding steroid dienone is 4. The van der Waals surface area contributed by atoms with Crippen molar-refractivity contribution in [2.24, 2.45) is 35.0 Å². The van der Waals surface area contributed by atoms with Gasteiger partial charge in [-0.3, -0.25) is 14.4 Å². The maximum Gasteiger partial charge on any atom is 0.309 e. The predicted octanol–water partition coefficient (Wildman–Crippen LogP) is 10.6. The van der Waals surface area contributed by atoms with Gasteiger partial charge in [-0.25, -0.2) is 0 Å². The first kappa shape index (κ1) is 41.1. The number of hydrogen-bond donors (Lipinski definition) is 0. The lowest BCUT2D eigenvalue weighted by Gasteiger charge is -2.56. The van der Waals surface area contributed by atoms with Gasteiger partial charge in [-0.05, 0) is 125 Å². The number of carbonyl (C=O) groups excluding carboxylic acids is 3. The number of piperidine rings is 1. The molecule has 1 unspecified atom stereocenters. The molecule has 1 saturated heterocycles. The number of rotatable bonds is 24. The van der Waals surface area contributed by atoms with Gasteiger partial charge in [0.1, 0.15) is 19.8 Å². The summed E-state index contributed by atoms with van der Waals surface area (Å²) in [5, 5.41) is 0. The van der Waals surface area contributed by atoms with Crippen molar-refractivity contribution in [3.63, 3.8) is 0 Å². The number of carbonyl (C=O) groups is 3. The van der Waals surface area contributed by atoms with Gasteiger partial charge < -0.3 is 19.1 Å². The number of anilines is 1. The van der Waals surface area contributed by atoms with Gasteiger partial charge in [0, 0.05) is 25.2 Å². The first-order valence-corrected chi connectivity index (χ1v) is 21.5. The zero-order chi connectivity index (χ0) is 37.1. The fourth-order valence-electron chi connectivity index (χ4n) is 9.91. The molecule has 5 aliphatic rings. The van der Waals surface area contributed by atoms with Crippen LogP contribution >= 0.6 is 0 Å². The number of nitrogens with zero attached hydrogens (tertiary/aromatic N) is 1. The number of benzene rings is 1. The molecule has 1 aromatic carbocycles. The number of unbranched alkanes of at least 4 members (excludes halogenated alkanes) is 8. The lowest BCUT2D eigenvalue weighted by atomic mass is 9.49. The number of para-hydroxylation sites is 1. The standard InChI is InChI=1S/C46H69NO6/c1-2-3-4-5-6-7-8-9-10-11-12-13-14-15-19-22-43(48)51-34-40(35-52-44(49)33-46-30-37-27-38(31-46)29-39(28-37)32-46)36-53-45(50)41-23-25-47(26-24-41)42-20-17-16-18-21-42/h6-7,9-10,16-18,20-21,37-41H,2-5,8,11-15,19,22-36H2,1H3/b7-6-,10-9-. The lowest BCUT2D eigenvalue weighted by Crippen LogP contribution is -2.47. The third-order valence-electron chi connectivity index (χ3n) is 12.4. The molecule has 7 nitrogen and oxygen atoms in total. The zero-order valence-corrected chi connectivity index (χ0v) is 32.9. The van der Waals surface area contributed by atoms with Gasteiger partial charge in [-0.2, -0.15) is 0 Å². The highest BCUT2D eigenvalue weighted by molar-refractivity contribution is 5.73. The van der Waals surface area contributed by atoms with E-state index >= 15 is 0 Å². The van der Waals surface area contributed by atoms with E-state index in [0.29, 0.717) is 12.8 Å². The number of ether oxygens (including phenoxy) is 3. The second-order valence-corrected chi connectivity index (χ2v) is 17.0. The molecule has 4 saturated carbocycles. The zero-order valence-electron chi connectivity index (χ0n) is 32.9. The van der Waals surface area contributed by atoms with Crippen LogP contribution in [-0.4, -0.2) is 50.8 Å². The van der Waals surface area contributed by atoms with Crippen LogP contribution in [0, 0.1) is 35.0 Å². The largest absolute Gasteiger partial charge is 0.465 e. The summed E-state index contributed by atoms with van der Waals surface area (Å²) in [6.07, 6.45) is 31.4. The molecule has 4 bridgehead atoms. The maximum atomic E-state index is 13.2. The molecule has 53 heavy (non-hydrogen) atoms. The lowest BCUT2D eigenvalue weighted by molar-refractivity contribution is -0.158. The highest BCUT2D eigenvalue weighted by Gasteiger charge is 2.51. The summed E-state index contributed by atoms with van der Waals surface area (Å²) in [4.78, 5) is 41.4. The Bertz CT molecular complexity index is 1260. The van der Waals surface area contributed by atoms with Crippen molar-refractivity contribution >= 4 is 23.6 Å². The molecule has 1 aliphatic heterocycles. The van der Waals surface area contributed by atoms with Gasteiger partial charge in [0.25, 0.3) is 0 Å². The molecular weight excluding hydrogens is 663 g/mol. The molecular formula is C46H69NO6. The van der Waals surface area contributed by atoms with E-state index in [1.54, 1.807) is 0 Å². The summed E-state index contributed by atoms with van der Waals surface area (Å²) < 4.78 is 17.4. The molecule has 1 aromatic rings. The Balaban J connectivity index is 0.988. The smallest absolute Gasteiger partial charge is 0.309 e. The first-order valence-electron chi connectivity index (χ1n) is 21.5. The maximum absolute atomic E-state index is 13.2. The van der Waals surface area contributed by atoms with Gasteiger partial charge in [-0.1, -0.05) is 81.5 Å². The van der Waals surface area contributed by atoms with Crippen molar-refractivity contribution in [2.75, 3.05) is 37.8 Å². The highest BCUT2D eigenvalue weighted by Crippen LogP contribution is 2.61. The minimum Gasteiger partial charge on any atom is -0.465 e. The van der Waals surface area contributed by atoms with E-state index in [9.17, 15) is 14.4 Å². The third kappa shape index (κ3) is 14.2. The van der Waals surface area contributed by atoms with Crippen molar-refractivity contribution in [3.8, 4) is 0 Å². The predicted molar refractivity (Wildman–Crippen MR) is 212 cm³/mol. The van der Waals surface area contributed by atoms with E-state index in [4.69, 9.17) is 14.2 Å². The van der Waals surface area contributed by atoms with E-state index in [0.717, 1.165) is 95.1 Å². The third-order valence-corrected chi connectivity index (χ3v) is 12.4. The van der Waals surface area contributed by atoms with E-state index in [2.05, 4.69) is 48.3 Å². The molecule has 294 valence electrons. The van der Waals surface area contributed by atoms with Crippen molar-refractivity contribution in [3.05, 3.63) is 54.6 Å². The SMILES string of the molecule is CCCCC/C=C\C/C=C\CCCCCCCC(=O)OCC(COC(=O)CC12CC3CC(CC(C3)C1)C2)COC(=O)C1CCN(c2ccccc2)CC1. The van der Waals surface area contributed by atoms with Crippen molar-refractivity contribution in [2.45, 2.75) is 142 Å². The summed E-state index contributed by atoms with van der Waals surface area (Å²) in [6, 6.07) is 10.3. The van der Waals surface area contributed by atoms with Crippen LogP contribution in [0.25, 0.3) is 0 Å². The Morgan fingerprint density at radius 1 is 0.717 bits per heavy atom. The van der Waals surface area contributed by atoms with Gasteiger partial charge in [0.2, 0.25) is 0 Å². The molecule has 0 radical (unpaired) electrons. The molecule has 0 aromatic heterocycles. The van der Waals surface area contributed by atoms with Gasteiger partial charge in [0.05, 0.1) is 18.3 Å². The molecule has 7 heteroatoms. The van der Waals surface area contributed by atoms with Gasteiger partial charge in [0.15, 0.2) is 0 Å². The Labute approximate surface area is 320 Å². The number of esters is 3. The summed E-state index contributed by atoms with van der Waals surface area (Å²) in [6.45, 7) is 4.12. The molecule has 6 rings (SSSR count). The van der Waals surface area contributed by atoms with E-state index < -0.39 is 0 Å². The first-order chi connectivity index (χ1) is 25.9. The van der Waals surface area contributed by atoms with Crippen LogP contribution in [0.2, 0.25) is 0 Å². The monoisotopic (exact) mass is 732 g/mol. The molecule has 5 fully saturated rings. The molecule has 4 aliphatic carbocycles. The normalized spacial score (nSPS) is 24.5. The van der Waals surface area contributed by atoms with Crippen LogP contribution in [0.5, 0.6) is 0 Å². The Morgan fingerprint density at radius 2 is 1.28 bits per heavy atom. The van der Waals surface area contributed by atoms with Crippen molar-refractivity contribution in [1.82, 2.24) is 0 Å². The number of hydrogen-bond acceptors (Lipinski definition) is 7. The summed E-state index contributed by atoms with van der Waals surface area (Å²) >= 11 is 0. The molecule has 0 N–H and O–H groups in total. The average Bonchev–Trinajstić information content (AvgIpc) is 3.15. The van der Waals surface area contributed by atoms with Crippen LogP contribution in [-0.2, 0) is 28.6 Å². The average molecular weight is 732 g/mol.